The predicted octanol–water partition coefficient (Wildman–Crippen LogP) is 3.43. The van der Waals surface area contributed by atoms with Gasteiger partial charge < -0.3 is 14.3 Å². The van der Waals surface area contributed by atoms with E-state index in [9.17, 15) is 9.90 Å². The molecule has 1 heterocycles. The maximum atomic E-state index is 11.9. The van der Waals surface area contributed by atoms with Crippen LogP contribution in [-0.2, 0) is 4.74 Å². The van der Waals surface area contributed by atoms with E-state index in [2.05, 4.69) is 0 Å². The third kappa shape index (κ3) is 2.31. The number of furan rings is 1. The highest BCUT2D eigenvalue weighted by Crippen LogP contribution is 2.35. The number of hydrogen-bond acceptors (Lipinski definition) is 5. The van der Waals surface area contributed by atoms with Crippen LogP contribution in [-0.4, -0.2) is 23.4 Å². The minimum atomic E-state index is -0.419. The van der Waals surface area contributed by atoms with E-state index in [1.165, 1.54) is 23.9 Å². The Morgan fingerprint density at radius 1 is 1.44 bits per heavy atom. The summed E-state index contributed by atoms with van der Waals surface area (Å²) in [6, 6.07) is 4.69. The van der Waals surface area contributed by atoms with Crippen LogP contribution in [0.3, 0.4) is 0 Å². The van der Waals surface area contributed by atoms with Crippen LogP contribution in [0.5, 0.6) is 5.75 Å². The first-order valence-corrected chi connectivity index (χ1v) is 6.71. The summed E-state index contributed by atoms with van der Waals surface area (Å²) in [7, 11) is 0. The highest BCUT2D eigenvalue weighted by atomic mass is 32.2. The summed E-state index contributed by atoms with van der Waals surface area (Å²) < 4.78 is 10.6. The molecule has 0 fully saturated rings. The second kappa shape index (κ2) is 5.35. The van der Waals surface area contributed by atoms with E-state index in [1.54, 1.807) is 13.0 Å². The summed E-state index contributed by atoms with van der Waals surface area (Å²) in [6.07, 6.45) is 0. The van der Waals surface area contributed by atoms with Gasteiger partial charge in [-0.05, 0) is 30.9 Å². The van der Waals surface area contributed by atoms with Gasteiger partial charge in [0.1, 0.15) is 16.9 Å². The fourth-order valence-corrected chi connectivity index (χ4v) is 2.44. The molecule has 4 nitrogen and oxygen atoms in total. The van der Waals surface area contributed by atoms with E-state index < -0.39 is 5.97 Å². The van der Waals surface area contributed by atoms with Crippen LogP contribution in [0, 0.1) is 0 Å². The summed E-state index contributed by atoms with van der Waals surface area (Å²) in [5, 5.41) is 10.6. The van der Waals surface area contributed by atoms with Crippen LogP contribution in [0.1, 0.15) is 24.2 Å². The van der Waals surface area contributed by atoms with E-state index in [-0.39, 0.29) is 5.75 Å². The molecule has 0 radical (unpaired) electrons. The van der Waals surface area contributed by atoms with Gasteiger partial charge in [0.05, 0.1) is 6.61 Å². The zero-order chi connectivity index (χ0) is 13.1. The molecule has 0 aliphatic heterocycles. The molecule has 0 saturated heterocycles. The van der Waals surface area contributed by atoms with Crippen molar-refractivity contribution < 1.29 is 19.1 Å². The molecule has 96 valence electrons. The quantitative estimate of drug-likeness (QED) is 0.678. The lowest BCUT2D eigenvalue weighted by Crippen LogP contribution is -2.04. The molecule has 5 heteroatoms. The molecule has 0 saturated carbocycles. The number of aromatic hydroxyl groups is 1. The van der Waals surface area contributed by atoms with Crippen LogP contribution >= 0.6 is 11.8 Å². The van der Waals surface area contributed by atoms with Crippen LogP contribution < -0.4 is 0 Å². The van der Waals surface area contributed by atoms with Crippen molar-refractivity contribution in [3.8, 4) is 5.75 Å². The highest BCUT2D eigenvalue weighted by Gasteiger charge is 2.22. The monoisotopic (exact) mass is 266 g/mol. The van der Waals surface area contributed by atoms with Gasteiger partial charge in [-0.1, -0.05) is 18.7 Å². The first kappa shape index (κ1) is 12.8. The second-order valence-corrected chi connectivity index (χ2v) is 4.84. The Morgan fingerprint density at radius 3 is 2.89 bits per heavy atom. The lowest BCUT2D eigenvalue weighted by Gasteiger charge is -2.01. The van der Waals surface area contributed by atoms with Gasteiger partial charge in [-0.15, -0.1) is 0 Å². The molecule has 0 amide bonds. The Balaban J connectivity index is 2.60. The third-order valence-corrected chi connectivity index (χ3v) is 3.23. The van der Waals surface area contributed by atoms with Gasteiger partial charge in [0, 0.05) is 5.39 Å². The number of benzene rings is 1. The molecule has 0 spiro atoms. The molecule has 1 N–H and O–H groups in total. The van der Waals surface area contributed by atoms with Crippen molar-refractivity contribution in [3.05, 3.63) is 23.8 Å². The molecule has 18 heavy (non-hydrogen) atoms. The van der Waals surface area contributed by atoms with Crippen LogP contribution in [0.4, 0.5) is 0 Å². The number of rotatable bonds is 4. The molecule has 0 bridgehead atoms. The number of ether oxygens (including phenoxy) is 1. The molecule has 2 aromatic rings. The number of carbonyl (C=O) groups is 1. The largest absolute Gasteiger partial charge is 0.508 e. The first-order chi connectivity index (χ1) is 8.67. The Kier molecular flexibility index (Phi) is 3.81. The van der Waals surface area contributed by atoms with E-state index in [0.717, 1.165) is 5.75 Å². The fourth-order valence-electron chi connectivity index (χ4n) is 1.69. The van der Waals surface area contributed by atoms with E-state index in [1.807, 2.05) is 6.92 Å². The molecule has 0 aliphatic rings. The van der Waals surface area contributed by atoms with Gasteiger partial charge in [0.15, 0.2) is 5.09 Å². The van der Waals surface area contributed by atoms with Gasteiger partial charge in [0.25, 0.3) is 0 Å². The highest BCUT2D eigenvalue weighted by molar-refractivity contribution is 7.99. The third-order valence-electron chi connectivity index (χ3n) is 2.39. The van der Waals surface area contributed by atoms with Crippen LogP contribution in [0.2, 0.25) is 0 Å². The van der Waals surface area contributed by atoms with Gasteiger partial charge in [-0.25, -0.2) is 4.79 Å². The molecular weight excluding hydrogens is 252 g/mol. The number of thioether (sulfide) groups is 1. The predicted molar refractivity (Wildman–Crippen MR) is 70.2 cm³/mol. The average Bonchev–Trinajstić information content (AvgIpc) is 2.67. The summed E-state index contributed by atoms with van der Waals surface area (Å²) in [6.45, 7) is 4.04. The number of hydrogen-bond donors (Lipinski definition) is 1. The molecule has 0 atom stereocenters. The lowest BCUT2D eigenvalue weighted by molar-refractivity contribution is 0.0521. The number of phenols is 1. The Hall–Kier alpha value is -1.62. The molecule has 0 aliphatic carbocycles. The summed E-state index contributed by atoms with van der Waals surface area (Å²) >= 11 is 1.44. The van der Waals surface area contributed by atoms with Crippen molar-refractivity contribution in [1.82, 2.24) is 0 Å². The van der Waals surface area contributed by atoms with Gasteiger partial charge >= 0.3 is 5.97 Å². The summed E-state index contributed by atoms with van der Waals surface area (Å²) in [5.74, 6) is 0.470. The Labute approximate surface area is 109 Å². The number of carbonyl (C=O) groups excluding carboxylic acids is 1. The normalized spacial score (nSPS) is 10.8. The van der Waals surface area contributed by atoms with Crippen molar-refractivity contribution in [2.24, 2.45) is 0 Å². The van der Waals surface area contributed by atoms with E-state index in [0.29, 0.717) is 28.2 Å². The number of phenolic OH excluding ortho intramolecular Hbond substituents is 1. The first-order valence-electron chi connectivity index (χ1n) is 5.72. The van der Waals surface area contributed by atoms with Crippen molar-refractivity contribution in [2.75, 3.05) is 12.4 Å². The van der Waals surface area contributed by atoms with Crippen LogP contribution in [0.25, 0.3) is 11.0 Å². The zero-order valence-electron chi connectivity index (χ0n) is 10.2. The average molecular weight is 266 g/mol. The minimum absolute atomic E-state index is 0.0990. The van der Waals surface area contributed by atoms with E-state index >= 15 is 0 Å². The topological polar surface area (TPSA) is 59.7 Å². The standard InChI is InChI=1S/C13H14O4S/c1-3-16-12(15)11-9-7-8(14)5-6-10(9)17-13(11)18-4-2/h5-7,14H,3-4H2,1-2H3. The molecule has 2 rings (SSSR count). The second-order valence-electron chi connectivity index (χ2n) is 3.60. The fraction of sp³-hybridized carbons (Fsp3) is 0.308. The molecule has 1 aromatic carbocycles. The Morgan fingerprint density at radius 2 is 2.22 bits per heavy atom. The van der Waals surface area contributed by atoms with Crippen molar-refractivity contribution >= 4 is 28.7 Å². The zero-order valence-corrected chi connectivity index (χ0v) is 11.0. The molecule has 1 aromatic heterocycles. The molecule has 0 unspecified atom stereocenters. The minimum Gasteiger partial charge on any atom is -0.508 e. The molecular formula is C13H14O4S. The van der Waals surface area contributed by atoms with Crippen LogP contribution in [0.15, 0.2) is 27.7 Å². The maximum Gasteiger partial charge on any atom is 0.343 e. The maximum absolute atomic E-state index is 11.9. The Bertz CT molecular complexity index is 574. The number of esters is 1. The van der Waals surface area contributed by atoms with Gasteiger partial charge in [0.2, 0.25) is 0 Å². The van der Waals surface area contributed by atoms with Gasteiger partial charge in [-0.3, -0.25) is 0 Å². The lowest BCUT2D eigenvalue weighted by atomic mass is 10.1. The summed E-state index contributed by atoms with van der Waals surface area (Å²) in [4.78, 5) is 11.9. The van der Waals surface area contributed by atoms with E-state index in [4.69, 9.17) is 9.15 Å². The van der Waals surface area contributed by atoms with Gasteiger partial charge in [-0.2, -0.15) is 0 Å². The smallest absolute Gasteiger partial charge is 0.343 e. The summed E-state index contributed by atoms with van der Waals surface area (Å²) in [5.41, 5.74) is 0.974. The number of fused-ring (bicyclic) bond motifs is 1. The van der Waals surface area contributed by atoms with Crippen molar-refractivity contribution in [2.45, 2.75) is 18.9 Å². The van der Waals surface area contributed by atoms with Crippen molar-refractivity contribution in [1.29, 1.82) is 0 Å². The van der Waals surface area contributed by atoms with Crippen molar-refractivity contribution in [3.63, 3.8) is 0 Å². The SMILES string of the molecule is CCOC(=O)c1c(SCC)oc2ccc(O)cc12.